The number of methoxy groups -OCH3 is 1. The lowest BCUT2D eigenvalue weighted by Gasteiger charge is -2.15. The van der Waals surface area contributed by atoms with Crippen molar-refractivity contribution in [3.8, 4) is 5.75 Å². The van der Waals surface area contributed by atoms with Gasteiger partial charge in [0.2, 0.25) is 10.0 Å². The van der Waals surface area contributed by atoms with E-state index in [1.54, 1.807) is 6.92 Å². The molecule has 0 amide bonds. The molecule has 0 aliphatic carbocycles. The van der Waals surface area contributed by atoms with Gasteiger partial charge in [-0.25, -0.2) is 8.42 Å². The summed E-state index contributed by atoms with van der Waals surface area (Å²) in [6, 6.07) is 2.85. The molecule has 112 valence electrons. The van der Waals surface area contributed by atoms with Gasteiger partial charge in [0.05, 0.1) is 7.11 Å². The summed E-state index contributed by atoms with van der Waals surface area (Å²) in [6.07, 6.45) is 0.738. The molecule has 0 saturated carbocycles. The van der Waals surface area contributed by atoms with Gasteiger partial charge in [-0.2, -0.15) is 4.72 Å². The molecule has 6 nitrogen and oxygen atoms in total. The zero-order chi connectivity index (χ0) is 15.3. The van der Waals surface area contributed by atoms with E-state index in [-0.39, 0.29) is 17.1 Å². The van der Waals surface area contributed by atoms with Crippen LogP contribution in [0.1, 0.15) is 19.8 Å². The molecule has 20 heavy (non-hydrogen) atoms. The number of aliphatic carboxylic acids is 1. The first-order valence-corrected chi connectivity index (χ1v) is 7.76. The largest absolute Gasteiger partial charge is 0.495 e. The van der Waals surface area contributed by atoms with Crippen LogP contribution in [0, 0.1) is 0 Å². The molecule has 0 fully saturated rings. The van der Waals surface area contributed by atoms with Gasteiger partial charge in [0.1, 0.15) is 16.7 Å². The topological polar surface area (TPSA) is 92.7 Å². The molecule has 0 unspecified atom stereocenters. The first-order chi connectivity index (χ1) is 9.31. The summed E-state index contributed by atoms with van der Waals surface area (Å²) < 4.78 is 31.5. The predicted octanol–water partition coefficient (Wildman–Crippen LogP) is 1.88. The molecule has 8 heteroatoms. The van der Waals surface area contributed by atoms with Crippen LogP contribution < -0.4 is 9.46 Å². The third kappa shape index (κ3) is 4.09. The zero-order valence-corrected chi connectivity index (χ0v) is 12.7. The van der Waals surface area contributed by atoms with Crippen molar-refractivity contribution in [2.45, 2.75) is 30.7 Å². The number of carboxylic acid groups (broad SMARTS) is 1. The van der Waals surface area contributed by atoms with Crippen LogP contribution in [0.5, 0.6) is 5.75 Å². The number of hydrogen-bond donors (Lipinski definition) is 2. The number of carboxylic acids is 1. The van der Waals surface area contributed by atoms with Crippen molar-refractivity contribution in [1.82, 2.24) is 4.72 Å². The Balaban J connectivity index is 3.13. The van der Waals surface area contributed by atoms with Crippen molar-refractivity contribution in [2.24, 2.45) is 0 Å². The summed E-state index contributed by atoms with van der Waals surface area (Å²) in [5.74, 6) is -1.16. The SMILES string of the molecule is CCC[C@@H](NS(=O)(=O)c1ccc(Cl)cc1OC)C(=O)O. The molecule has 0 radical (unpaired) electrons. The summed E-state index contributed by atoms with van der Waals surface area (Å²) in [6.45, 7) is 1.77. The van der Waals surface area contributed by atoms with E-state index in [1.165, 1.54) is 25.3 Å². The third-order valence-corrected chi connectivity index (χ3v) is 4.33. The maximum absolute atomic E-state index is 12.2. The Kier molecular flexibility index (Phi) is 5.79. The minimum absolute atomic E-state index is 0.0608. The Bertz CT molecular complexity index is 588. The second-order valence-electron chi connectivity index (χ2n) is 4.10. The zero-order valence-electron chi connectivity index (χ0n) is 11.1. The maximum atomic E-state index is 12.2. The van der Waals surface area contributed by atoms with Crippen molar-refractivity contribution >= 4 is 27.6 Å². The van der Waals surface area contributed by atoms with Gasteiger partial charge in [0.25, 0.3) is 0 Å². The summed E-state index contributed by atoms with van der Waals surface area (Å²) in [5.41, 5.74) is 0. The number of ether oxygens (including phenoxy) is 1. The lowest BCUT2D eigenvalue weighted by atomic mass is 10.2. The van der Waals surface area contributed by atoms with Crippen molar-refractivity contribution in [2.75, 3.05) is 7.11 Å². The van der Waals surface area contributed by atoms with Gasteiger partial charge < -0.3 is 9.84 Å². The minimum atomic E-state index is -4.00. The van der Waals surface area contributed by atoms with Gasteiger partial charge in [0, 0.05) is 11.1 Å². The van der Waals surface area contributed by atoms with Crippen molar-refractivity contribution in [1.29, 1.82) is 0 Å². The molecule has 1 rings (SSSR count). The molecule has 0 heterocycles. The fourth-order valence-corrected chi connectivity index (χ4v) is 3.17. The minimum Gasteiger partial charge on any atom is -0.495 e. The molecular formula is C12H16ClNO5S. The molecule has 1 atom stereocenters. The normalized spacial score (nSPS) is 12.9. The Labute approximate surface area is 122 Å². The number of benzene rings is 1. The van der Waals surface area contributed by atoms with Gasteiger partial charge in [-0.15, -0.1) is 0 Å². The molecule has 0 aliphatic rings. The second-order valence-corrected chi connectivity index (χ2v) is 6.21. The van der Waals surface area contributed by atoms with E-state index in [9.17, 15) is 13.2 Å². The highest BCUT2D eigenvalue weighted by Gasteiger charge is 2.27. The monoisotopic (exact) mass is 321 g/mol. The van der Waals surface area contributed by atoms with Crippen LogP contribution in [0.25, 0.3) is 0 Å². The number of sulfonamides is 1. The van der Waals surface area contributed by atoms with Crippen molar-refractivity contribution < 1.29 is 23.1 Å². The summed E-state index contributed by atoms with van der Waals surface area (Å²) in [7, 11) is -2.69. The van der Waals surface area contributed by atoms with Crippen molar-refractivity contribution in [3.05, 3.63) is 23.2 Å². The van der Waals surface area contributed by atoms with E-state index in [0.717, 1.165) is 0 Å². The molecule has 0 spiro atoms. The molecule has 2 N–H and O–H groups in total. The Morgan fingerprint density at radius 3 is 2.65 bits per heavy atom. The standard InChI is InChI=1S/C12H16ClNO5S/c1-3-4-9(12(15)16)14-20(17,18)11-6-5-8(13)7-10(11)19-2/h5-7,9,14H,3-4H2,1-2H3,(H,15,16)/t9-/m1/s1. The van der Waals surface area contributed by atoms with Crippen LogP contribution in [0.15, 0.2) is 23.1 Å². The van der Waals surface area contributed by atoms with E-state index < -0.39 is 22.0 Å². The van der Waals surface area contributed by atoms with E-state index in [4.69, 9.17) is 21.4 Å². The molecule has 1 aromatic carbocycles. The highest BCUT2D eigenvalue weighted by atomic mass is 35.5. The number of rotatable bonds is 7. The fourth-order valence-electron chi connectivity index (χ4n) is 1.64. The Morgan fingerprint density at radius 1 is 1.50 bits per heavy atom. The number of nitrogens with one attached hydrogen (secondary N) is 1. The lowest BCUT2D eigenvalue weighted by molar-refractivity contribution is -0.139. The van der Waals surface area contributed by atoms with Crippen molar-refractivity contribution in [3.63, 3.8) is 0 Å². The summed E-state index contributed by atoms with van der Waals surface area (Å²) in [4.78, 5) is 10.9. The first-order valence-electron chi connectivity index (χ1n) is 5.90. The highest BCUT2D eigenvalue weighted by Crippen LogP contribution is 2.27. The predicted molar refractivity (Wildman–Crippen MR) is 74.7 cm³/mol. The average Bonchev–Trinajstić information content (AvgIpc) is 2.37. The van der Waals surface area contributed by atoms with Crippen LogP contribution >= 0.6 is 11.6 Å². The van der Waals surface area contributed by atoms with E-state index >= 15 is 0 Å². The molecule has 1 aromatic rings. The van der Waals surface area contributed by atoms with Crippen LogP contribution in [-0.2, 0) is 14.8 Å². The first kappa shape index (κ1) is 16.7. The van der Waals surface area contributed by atoms with Gasteiger partial charge in [0.15, 0.2) is 0 Å². The van der Waals surface area contributed by atoms with Gasteiger partial charge in [-0.1, -0.05) is 24.9 Å². The van der Waals surface area contributed by atoms with Crippen LogP contribution in [0.3, 0.4) is 0 Å². The Morgan fingerprint density at radius 2 is 2.15 bits per heavy atom. The van der Waals surface area contributed by atoms with E-state index in [2.05, 4.69) is 4.72 Å². The second kappa shape index (κ2) is 6.92. The summed E-state index contributed by atoms with van der Waals surface area (Å²) in [5, 5.41) is 9.33. The molecule has 0 bridgehead atoms. The Hall–Kier alpha value is -1.31. The smallest absolute Gasteiger partial charge is 0.321 e. The average molecular weight is 322 g/mol. The highest BCUT2D eigenvalue weighted by molar-refractivity contribution is 7.89. The maximum Gasteiger partial charge on any atom is 0.321 e. The lowest BCUT2D eigenvalue weighted by Crippen LogP contribution is -2.40. The fraction of sp³-hybridized carbons (Fsp3) is 0.417. The number of hydrogen-bond acceptors (Lipinski definition) is 4. The van der Waals surface area contributed by atoms with Crippen LogP contribution in [0.4, 0.5) is 0 Å². The van der Waals surface area contributed by atoms with Gasteiger partial charge >= 0.3 is 5.97 Å². The number of carbonyl (C=O) groups is 1. The molecule has 0 saturated heterocycles. The van der Waals surface area contributed by atoms with Crippen LogP contribution in [0.2, 0.25) is 5.02 Å². The van der Waals surface area contributed by atoms with E-state index in [0.29, 0.717) is 11.4 Å². The molecule has 0 aliphatic heterocycles. The van der Waals surface area contributed by atoms with Crippen LogP contribution in [-0.4, -0.2) is 32.6 Å². The van der Waals surface area contributed by atoms with Gasteiger partial charge in [-0.05, 0) is 18.6 Å². The van der Waals surface area contributed by atoms with E-state index in [1.807, 2.05) is 0 Å². The molecular weight excluding hydrogens is 306 g/mol. The summed E-state index contributed by atoms with van der Waals surface area (Å²) >= 11 is 5.76. The quantitative estimate of drug-likeness (QED) is 0.800. The number of halogens is 1. The molecule has 0 aromatic heterocycles. The van der Waals surface area contributed by atoms with Gasteiger partial charge in [-0.3, -0.25) is 4.79 Å². The third-order valence-electron chi connectivity index (χ3n) is 2.59.